The lowest BCUT2D eigenvalue weighted by Gasteiger charge is -2.17. The summed E-state index contributed by atoms with van der Waals surface area (Å²) in [6.07, 6.45) is 4.70. The van der Waals surface area contributed by atoms with E-state index in [1.165, 1.54) is 36.0 Å². The Labute approximate surface area is 97.8 Å². The van der Waals surface area contributed by atoms with Crippen molar-refractivity contribution in [3.8, 4) is 5.75 Å². The highest BCUT2D eigenvalue weighted by molar-refractivity contribution is 5.48. The van der Waals surface area contributed by atoms with E-state index in [-0.39, 0.29) is 0 Å². The average molecular weight is 219 g/mol. The van der Waals surface area contributed by atoms with Gasteiger partial charge in [-0.2, -0.15) is 0 Å². The lowest BCUT2D eigenvalue weighted by atomic mass is 9.91. The van der Waals surface area contributed by atoms with E-state index in [2.05, 4.69) is 19.1 Å². The predicted molar refractivity (Wildman–Crippen MR) is 67.1 cm³/mol. The molecule has 2 nitrogen and oxygen atoms in total. The third-order valence-corrected chi connectivity index (χ3v) is 3.63. The van der Waals surface area contributed by atoms with Gasteiger partial charge in [0.2, 0.25) is 0 Å². The Hall–Kier alpha value is -1.02. The van der Waals surface area contributed by atoms with Gasteiger partial charge in [-0.15, -0.1) is 0 Å². The van der Waals surface area contributed by atoms with Crippen molar-refractivity contribution in [1.82, 2.24) is 0 Å². The SMILES string of the molecule is COc1ccc(C(C)CCN)c2c1CCC2. The fourth-order valence-electron chi connectivity index (χ4n) is 2.76. The number of hydrogen-bond acceptors (Lipinski definition) is 2. The van der Waals surface area contributed by atoms with Gasteiger partial charge >= 0.3 is 0 Å². The van der Waals surface area contributed by atoms with E-state index < -0.39 is 0 Å². The fraction of sp³-hybridized carbons (Fsp3) is 0.571. The second-order valence-electron chi connectivity index (χ2n) is 4.65. The summed E-state index contributed by atoms with van der Waals surface area (Å²) in [5.41, 5.74) is 10.1. The molecular weight excluding hydrogens is 198 g/mol. The van der Waals surface area contributed by atoms with Gasteiger partial charge in [-0.3, -0.25) is 0 Å². The van der Waals surface area contributed by atoms with Gasteiger partial charge in [-0.1, -0.05) is 13.0 Å². The lowest BCUT2D eigenvalue weighted by molar-refractivity contribution is 0.410. The summed E-state index contributed by atoms with van der Waals surface area (Å²) in [5.74, 6) is 1.64. The van der Waals surface area contributed by atoms with Gasteiger partial charge < -0.3 is 10.5 Å². The Kier molecular flexibility index (Phi) is 3.49. The van der Waals surface area contributed by atoms with Crippen LogP contribution in [0.2, 0.25) is 0 Å². The molecule has 0 fully saturated rings. The highest BCUT2D eigenvalue weighted by Crippen LogP contribution is 2.36. The normalized spacial score (nSPS) is 15.9. The molecule has 0 saturated heterocycles. The summed E-state index contributed by atoms with van der Waals surface area (Å²) in [4.78, 5) is 0. The number of methoxy groups -OCH3 is 1. The van der Waals surface area contributed by atoms with Gasteiger partial charge in [-0.05, 0) is 60.9 Å². The van der Waals surface area contributed by atoms with Gasteiger partial charge in [0, 0.05) is 0 Å². The monoisotopic (exact) mass is 219 g/mol. The van der Waals surface area contributed by atoms with E-state index in [4.69, 9.17) is 10.5 Å². The highest BCUT2D eigenvalue weighted by atomic mass is 16.5. The maximum Gasteiger partial charge on any atom is 0.122 e. The van der Waals surface area contributed by atoms with Crippen molar-refractivity contribution in [2.45, 2.75) is 38.5 Å². The number of ether oxygens (including phenoxy) is 1. The minimum atomic E-state index is 0.572. The zero-order valence-electron chi connectivity index (χ0n) is 10.3. The van der Waals surface area contributed by atoms with Crippen LogP contribution >= 0.6 is 0 Å². The minimum Gasteiger partial charge on any atom is -0.496 e. The molecule has 2 heteroatoms. The summed E-state index contributed by atoms with van der Waals surface area (Å²) in [7, 11) is 1.76. The molecule has 2 rings (SSSR count). The molecule has 1 atom stereocenters. The molecule has 88 valence electrons. The molecule has 1 aliphatic rings. The molecular formula is C14H21NO. The molecule has 0 amide bonds. The molecule has 0 aromatic heterocycles. The van der Waals surface area contributed by atoms with Crippen LogP contribution in [-0.4, -0.2) is 13.7 Å². The van der Waals surface area contributed by atoms with Crippen LogP contribution in [0.4, 0.5) is 0 Å². The molecule has 16 heavy (non-hydrogen) atoms. The smallest absolute Gasteiger partial charge is 0.122 e. The molecule has 2 N–H and O–H groups in total. The van der Waals surface area contributed by atoms with Crippen LogP contribution in [0, 0.1) is 0 Å². The minimum absolute atomic E-state index is 0.572. The Balaban J connectivity index is 2.37. The molecule has 0 heterocycles. The third-order valence-electron chi connectivity index (χ3n) is 3.63. The molecule has 1 unspecified atom stereocenters. The molecule has 0 saturated carbocycles. The van der Waals surface area contributed by atoms with Crippen LogP contribution in [0.3, 0.4) is 0 Å². The zero-order chi connectivity index (χ0) is 11.5. The second-order valence-corrected chi connectivity index (χ2v) is 4.65. The van der Waals surface area contributed by atoms with Gasteiger partial charge in [-0.25, -0.2) is 0 Å². The molecule has 1 aromatic carbocycles. The molecule has 0 bridgehead atoms. The van der Waals surface area contributed by atoms with Gasteiger partial charge in [0.15, 0.2) is 0 Å². The first kappa shape index (κ1) is 11.5. The standard InChI is InChI=1S/C14H21NO/c1-10(8-9-15)11-6-7-14(16-2)13-5-3-4-12(11)13/h6-7,10H,3-5,8-9,15H2,1-2H3. The van der Waals surface area contributed by atoms with E-state index in [1.54, 1.807) is 7.11 Å². The van der Waals surface area contributed by atoms with E-state index >= 15 is 0 Å². The van der Waals surface area contributed by atoms with Crippen molar-refractivity contribution >= 4 is 0 Å². The maximum absolute atomic E-state index is 5.64. The maximum atomic E-state index is 5.64. The molecule has 0 aliphatic heterocycles. The summed E-state index contributed by atoms with van der Waals surface area (Å²) in [5, 5.41) is 0. The number of benzene rings is 1. The van der Waals surface area contributed by atoms with Gasteiger partial charge in [0.05, 0.1) is 7.11 Å². The second kappa shape index (κ2) is 4.88. The number of hydrogen-bond donors (Lipinski definition) is 1. The van der Waals surface area contributed by atoms with Crippen LogP contribution in [0.25, 0.3) is 0 Å². The van der Waals surface area contributed by atoms with Crippen molar-refractivity contribution in [3.05, 3.63) is 28.8 Å². The van der Waals surface area contributed by atoms with Crippen molar-refractivity contribution in [2.75, 3.05) is 13.7 Å². The van der Waals surface area contributed by atoms with Crippen LogP contribution < -0.4 is 10.5 Å². The number of nitrogens with two attached hydrogens (primary N) is 1. The summed E-state index contributed by atoms with van der Waals surface area (Å²) in [6, 6.07) is 4.34. The lowest BCUT2D eigenvalue weighted by Crippen LogP contribution is -2.07. The van der Waals surface area contributed by atoms with Crippen LogP contribution in [0.15, 0.2) is 12.1 Å². The quantitative estimate of drug-likeness (QED) is 0.845. The number of fused-ring (bicyclic) bond motifs is 1. The predicted octanol–water partition coefficient (Wildman–Crippen LogP) is 2.64. The first-order valence-corrected chi connectivity index (χ1v) is 6.16. The van der Waals surface area contributed by atoms with Crippen molar-refractivity contribution < 1.29 is 4.74 Å². The Bertz CT molecular complexity index is 373. The zero-order valence-corrected chi connectivity index (χ0v) is 10.3. The van der Waals surface area contributed by atoms with Crippen molar-refractivity contribution in [1.29, 1.82) is 0 Å². The third kappa shape index (κ3) is 1.94. The van der Waals surface area contributed by atoms with Crippen LogP contribution in [-0.2, 0) is 12.8 Å². The first-order chi connectivity index (χ1) is 7.77. The Morgan fingerprint density at radius 2 is 2.06 bits per heavy atom. The fourth-order valence-corrected chi connectivity index (χ4v) is 2.76. The summed E-state index contributed by atoms with van der Waals surface area (Å²) >= 11 is 0. The van der Waals surface area contributed by atoms with E-state index in [0.29, 0.717) is 5.92 Å². The van der Waals surface area contributed by atoms with E-state index in [1.807, 2.05) is 0 Å². The highest BCUT2D eigenvalue weighted by Gasteiger charge is 2.21. The van der Waals surface area contributed by atoms with Crippen molar-refractivity contribution in [2.24, 2.45) is 5.73 Å². The first-order valence-electron chi connectivity index (χ1n) is 6.16. The van der Waals surface area contributed by atoms with Crippen molar-refractivity contribution in [3.63, 3.8) is 0 Å². The molecule has 1 aliphatic carbocycles. The van der Waals surface area contributed by atoms with E-state index in [0.717, 1.165) is 18.7 Å². The number of rotatable bonds is 4. The largest absolute Gasteiger partial charge is 0.496 e. The van der Waals surface area contributed by atoms with E-state index in [9.17, 15) is 0 Å². The average Bonchev–Trinajstić information content (AvgIpc) is 2.76. The van der Waals surface area contributed by atoms with Gasteiger partial charge in [0.1, 0.15) is 5.75 Å². The Morgan fingerprint density at radius 1 is 1.31 bits per heavy atom. The molecule has 0 spiro atoms. The van der Waals surface area contributed by atoms with Crippen LogP contribution in [0.1, 0.15) is 42.4 Å². The van der Waals surface area contributed by atoms with Gasteiger partial charge in [0.25, 0.3) is 0 Å². The Morgan fingerprint density at radius 3 is 2.75 bits per heavy atom. The van der Waals surface area contributed by atoms with Crippen LogP contribution in [0.5, 0.6) is 5.75 Å². The summed E-state index contributed by atoms with van der Waals surface area (Å²) in [6.45, 7) is 3.04. The molecule has 0 radical (unpaired) electrons. The summed E-state index contributed by atoms with van der Waals surface area (Å²) < 4.78 is 5.43. The molecule has 1 aromatic rings. The topological polar surface area (TPSA) is 35.2 Å².